The van der Waals surface area contributed by atoms with Crippen LogP contribution in [0, 0.1) is 6.92 Å². The number of hydrogen-bond donors (Lipinski definition) is 2. The van der Waals surface area contributed by atoms with Crippen LogP contribution in [0.4, 0.5) is 11.4 Å². The van der Waals surface area contributed by atoms with Crippen LogP contribution < -0.4 is 20.1 Å². The van der Waals surface area contributed by atoms with Gasteiger partial charge in [-0.05, 0) is 67.9 Å². The number of hydrogen-bond acceptors (Lipinski definition) is 5. The fourth-order valence-electron chi connectivity index (χ4n) is 3.73. The summed E-state index contributed by atoms with van der Waals surface area (Å²) in [5.41, 5.74) is 3.65. The van der Waals surface area contributed by atoms with Gasteiger partial charge in [-0.25, -0.2) is 0 Å². The summed E-state index contributed by atoms with van der Waals surface area (Å²) in [4.78, 5) is 27.8. The molecule has 184 valence electrons. The maximum atomic E-state index is 12.9. The average Bonchev–Trinajstić information content (AvgIpc) is 2.84. The fourth-order valence-corrected chi connectivity index (χ4v) is 3.73. The van der Waals surface area contributed by atoms with Crippen LogP contribution in [-0.2, 0) is 11.3 Å². The maximum Gasteiger partial charge on any atom is 0.257 e. The van der Waals surface area contributed by atoms with Gasteiger partial charge in [0.25, 0.3) is 5.91 Å². The standard InChI is InChI=1S/C28H33N3O4/c1-5-31(18-21-14-15-25(35-6-2)26(17-21)34-4)19-27(32)30-24-13-8-7-12-23(24)28(33)29-22-11-9-10-20(3)16-22/h7-17H,5-6,18-19H2,1-4H3,(H,29,33)(H,30,32). The summed E-state index contributed by atoms with van der Waals surface area (Å²) in [7, 11) is 1.61. The van der Waals surface area contributed by atoms with Crippen molar-refractivity contribution in [3.8, 4) is 11.5 Å². The molecule has 0 aromatic heterocycles. The molecule has 3 aromatic rings. The van der Waals surface area contributed by atoms with E-state index in [1.165, 1.54) is 0 Å². The maximum absolute atomic E-state index is 12.9. The molecule has 0 atom stereocenters. The van der Waals surface area contributed by atoms with E-state index in [-0.39, 0.29) is 18.4 Å². The third-order valence-electron chi connectivity index (χ3n) is 5.47. The minimum Gasteiger partial charge on any atom is -0.493 e. The summed E-state index contributed by atoms with van der Waals surface area (Å²) in [6, 6.07) is 20.4. The quantitative estimate of drug-likeness (QED) is 0.403. The molecular weight excluding hydrogens is 442 g/mol. The van der Waals surface area contributed by atoms with Crippen molar-refractivity contribution >= 4 is 23.2 Å². The summed E-state index contributed by atoms with van der Waals surface area (Å²) in [5.74, 6) is 0.888. The lowest BCUT2D eigenvalue weighted by atomic mass is 10.1. The van der Waals surface area contributed by atoms with Crippen molar-refractivity contribution in [2.45, 2.75) is 27.3 Å². The van der Waals surface area contributed by atoms with Crippen molar-refractivity contribution in [1.29, 1.82) is 0 Å². The number of methoxy groups -OCH3 is 1. The van der Waals surface area contributed by atoms with Gasteiger partial charge in [0.1, 0.15) is 0 Å². The largest absolute Gasteiger partial charge is 0.493 e. The van der Waals surface area contributed by atoms with Gasteiger partial charge in [-0.3, -0.25) is 14.5 Å². The third-order valence-corrected chi connectivity index (χ3v) is 5.47. The normalized spacial score (nSPS) is 10.7. The van der Waals surface area contributed by atoms with E-state index in [0.29, 0.717) is 48.1 Å². The molecule has 0 fully saturated rings. The lowest BCUT2D eigenvalue weighted by Gasteiger charge is -2.21. The molecule has 3 rings (SSSR count). The van der Waals surface area contributed by atoms with Gasteiger partial charge >= 0.3 is 0 Å². The minimum atomic E-state index is -0.277. The molecule has 0 spiro atoms. The molecule has 0 aliphatic heterocycles. The van der Waals surface area contributed by atoms with Crippen molar-refractivity contribution in [3.63, 3.8) is 0 Å². The minimum absolute atomic E-state index is 0.180. The number of benzene rings is 3. The number of para-hydroxylation sites is 1. The van der Waals surface area contributed by atoms with Gasteiger partial charge in [-0.1, -0.05) is 37.3 Å². The van der Waals surface area contributed by atoms with Gasteiger partial charge in [-0.15, -0.1) is 0 Å². The highest BCUT2D eigenvalue weighted by atomic mass is 16.5. The number of anilines is 2. The van der Waals surface area contributed by atoms with E-state index in [1.54, 1.807) is 31.4 Å². The summed E-state index contributed by atoms with van der Waals surface area (Å²) in [6.07, 6.45) is 0. The topological polar surface area (TPSA) is 79.9 Å². The smallest absolute Gasteiger partial charge is 0.257 e. The molecule has 0 unspecified atom stereocenters. The van der Waals surface area contributed by atoms with Crippen LogP contribution in [0.1, 0.15) is 35.3 Å². The third kappa shape index (κ3) is 7.32. The molecular formula is C28H33N3O4. The lowest BCUT2D eigenvalue weighted by Crippen LogP contribution is -2.33. The number of rotatable bonds is 11. The van der Waals surface area contributed by atoms with E-state index in [9.17, 15) is 9.59 Å². The number of carbonyl (C=O) groups excluding carboxylic acids is 2. The predicted molar refractivity (Wildman–Crippen MR) is 139 cm³/mol. The number of nitrogens with one attached hydrogen (secondary N) is 2. The molecule has 0 bridgehead atoms. The summed E-state index contributed by atoms with van der Waals surface area (Å²) < 4.78 is 11.0. The molecule has 0 heterocycles. The number of aryl methyl sites for hydroxylation is 1. The van der Waals surface area contributed by atoms with E-state index >= 15 is 0 Å². The van der Waals surface area contributed by atoms with E-state index in [4.69, 9.17) is 9.47 Å². The highest BCUT2D eigenvalue weighted by Gasteiger charge is 2.16. The first-order valence-corrected chi connectivity index (χ1v) is 11.7. The van der Waals surface area contributed by atoms with Crippen LogP contribution in [0.5, 0.6) is 11.5 Å². The number of carbonyl (C=O) groups is 2. The van der Waals surface area contributed by atoms with Crippen LogP contribution in [-0.4, -0.2) is 43.5 Å². The molecule has 0 radical (unpaired) electrons. The molecule has 0 aliphatic carbocycles. The zero-order chi connectivity index (χ0) is 25.2. The van der Waals surface area contributed by atoms with Gasteiger partial charge in [0, 0.05) is 12.2 Å². The zero-order valence-corrected chi connectivity index (χ0v) is 20.8. The number of likely N-dealkylation sites (N-methyl/N-ethyl adjacent to an activating group) is 1. The summed E-state index contributed by atoms with van der Waals surface area (Å²) >= 11 is 0. The highest BCUT2D eigenvalue weighted by molar-refractivity contribution is 6.10. The lowest BCUT2D eigenvalue weighted by molar-refractivity contribution is -0.117. The molecule has 0 saturated carbocycles. The first-order chi connectivity index (χ1) is 16.9. The molecule has 0 aliphatic rings. The van der Waals surface area contributed by atoms with Crippen LogP contribution in [0.3, 0.4) is 0 Å². The van der Waals surface area contributed by atoms with Crippen LogP contribution >= 0.6 is 0 Å². The monoisotopic (exact) mass is 475 g/mol. The second-order valence-electron chi connectivity index (χ2n) is 8.14. The van der Waals surface area contributed by atoms with Gasteiger partial charge in [0.2, 0.25) is 5.91 Å². The van der Waals surface area contributed by atoms with Crippen molar-refractivity contribution < 1.29 is 19.1 Å². The molecule has 2 N–H and O–H groups in total. The van der Waals surface area contributed by atoms with Gasteiger partial charge in [0.05, 0.1) is 31.5 Å². The van der Waals surface area contributed by atoms with Gasteiger partial charge in [0.15, 0.2) is 11.5 Å². The molecule has 7 nitrogen and oxygen atoms in total. The number of ether oxygens (including phenoxy) is 2. The fraction of sp³-hybridized carbons (Fsp3) is 0.286. The first kappa shape index (κ1) is 25.8. The first-order valence-electron chi connectivity index (χ1n) is 11.7. The Kier molecular flexibility index (Phi) is 9.26. The Hall–Kier alpha value is -3.84. The Morgan fingerprint density at radius 2 is 1.71 bits per heavy atom. The van der Waals surface area contributed by atoms with E-state index in [0.717, 1.165) is 11.1 Å². The van der Waals surface area contributed by atoms with Crippen molar-refractivity contribution in [2.24, 2.45) is 0 Å². The number of nitrogens with zero attached hydrogens (tertiary/aromatic N) is 1. The van der Waals surface area contributed by atoms with Crippen LogP contribution in [0.15, 0.2) is 66.7 Å². The SMILES string of the molecule is CCOc1ccc(CN(CC)CC(=O)Nc2ccccc2C(=O)Nc2cccc(C)c2)cc1OC. The molecule has 3 aromatic carbocycles. The molecule has 0 saturated heterocycles. The average molecular weight is 476 g/mol. The Labute approximate surface area is 207 Å². The second-order valence-corrected chi connectivity index (χ2v) is 8.14. The Morgan fingerprint density at radius 3 is 2.43 bits per heavy atom. The zero-order valence-electron chi connectivity index (χ0n) is 20.8. The predicted octanol–water partition coefficient (Wildman–Crippen LogP) is 5.12. The van der Waals surface area contributed by atoms with Gasteiger partial charge < -0.3 is 20.1 Å². The molecule has 7 heteroatoms. The Balaban J connectivity index is 1.66. The second kappa shape index (κ2) is 12.6. The number of amides is 2. The van der Waals surface area contributed by atoms with Crippen LogP contribution in [0.2, 0.25) is 0 Å². The van der Waals surface area contributed by atoms with Gasteiger partial charge in [-0.2, -0.15) is 0 Å². The van der Waals surface area contributed by atoms with E-state index < -0.39 is 0 Å². The van der Waals surface area contributed by atoms with Crippen molar-refractivity contribution in [2.75, 3.05) is 37.4 Å². The Bertz CT molecular complexity index is 1160. The van der Waals surface area contributed by atoms with Crippen molar-refractivity contribution in [1.82, 2.24) is 4.90 Å². The molecule has 2 amide bonds. The highest BCUT2D eigenvalue weighted by Crippen LogP contribution is 2.28. The summed E-state index contributed by atoms with van der Waals surface area (Å²) in [5, 5.41) is 5.80. The van der Waals surface area contributed by atoms with E-state index in [1.807, 2.05) is 68.1 Å². The molecule has 35 heavy (non-hydrogen) atoms. The summed E-state index contributed by atoms with van der Waals surface area (Å²) in [6.45, 7) is 7.88. The Morgan fingerprint density at radius 1 is 0.914 bits per heavy atom. The van der Waals surface area contributed by atoms with Crippen LogP contribution in [0.25, 0.3) is 0 Å². The van der Waals surface area contributed by atoms with Crippen molar-refractivity contribution in [3.05, 3.63) is 83.4 Å². The van der Waals surface area contributed by atoms with E-state index in [2.05, 4.69) is 10.6 Å².